The molecule has 1 heterocycles. The molecule has 3 heteroatoms. The number of benzene rings is 1. The lowest BCUT2D eigenvalue weighted by atomic mass is 9.82. The van der Waals surface area contributed by atoms with Crippen LogP contribution in [0.3, 0.4) is 0 Å². The monoisotopic (exact) mass is 303 g/mol. The molecule has 0 aromatic heterocycles. The maximum atomic E-state index is 11.9. The van der Waals surface area contributed by atoms with Gasteiger partial charge in [0.1, 0.15) is 0 Å². The Hall–Kier alpha value is -1.19. The molecule has 1 N–H and O–H groups in total. The van der Waals surface area contributed by atoms with Crippen LogP contribution in [0.2, 0.25) is 0 Å². The molecule has 0 spiro atoms. The van der Waals surface area contributed by atoms with Crippen LogP contribution in [0.1, 0.15) is 59.3 Å². The van der Waals surface area contributed by atoms with E-state index in [1.54, 1.807) is 6.92 Å². The van der Waals surface area contributed by atoms with E-state index in [0.717, 1.165) is 49.2 Å². The number of likely N-dealkylation sites (tertiary alicyclic amines) is 1. The Morgan fingerprint density at radius 1 is 1.32 bits per heavy atom. The molecule has 22 heavy (non-hydrogen) atoms. The van der Waals surface area contributed by atoms with Gasteiger partial charge in [0.2, 0.25) is 0 Å². The van der Waals surface area contributed by atoms with Crippen molar-refractivity contribution in [1.29, 1.82) is 0 Å². The molecule has 1 saturated heterocycles. The van der Waals surface area contributed by atoms with Crippen molar-refractivity contribution in [1.82, 2.24) is 4.90 Å². The zero-order valence-electron chi connectivity index (χ0n) is 14.6. The van der Waals surface area contributed by atoms with Crippen molar-refractivity contribution < 1.29 is 9.90 Å². The molecule has 0 radical (unpaired) electrons. The Balaban J connectivity index is 2.30. The first-order valence-electron chi connectivity index (χ1n) is 8.21. The Bertz CT molecular complexity index is 579. The lowest BCUT2D eigenvalue weighted by molar-refractivity contribution is 0.0427. The summed E-state index contributed by atoms with van der Waals surface area (Å²) in [5.74, 6) is 0.148. The molecule has 1 aliphatic heterocycles. The van der Waals surface area contributed by atoms with Gasteiger partial charge < -0.3 is 5.11 Å². The number of carbonyl (C=O) groups excluding carboxylic acids is 1. The van der Waals surface area contributed by atoms with Gasteiger partial charge in [0.05, 0.1) is 0 Å². The third-order valence-corrected chi connectivity index (χ3v) is 5.11. The van der Waals surface area contributed by atoms with E-state index < -0.39 is 0 Å². The molecular weight excluding hydrogens is 274 g/mol. The van der Waals surface area contributed by atoms with Crippen molar-refractivity contribution in [2.75, 3.05) is 19.7 Å². The van der Waals surface area contributed by atoms with Crippen LogP contribution in [0.4, 0.5) is 0 Å². The van der Waals surface area contributed by atoms with Crippen molar-refractivity contribution in [3.05, 3.63) is 33.9 Å². The summed E-state index contributed by atoms with van der Waals surface area (Å²) in [6.07, 6.45) is 2.21. The minimum Gasteiger partial charge on any atom is -0.396 e. The van der Waals surface area contributed by atoms with E-state index in [9.17, 15) is 9.90 Å². The molecule has 1 fully saturated rings. The van der Waals surface area contributed by atoms with Crippen LogP contribution < -0.4 is 0 Å². The summed E-state index contributed by atoms with van der Waals surface area (Å²) < 4.78 is 0. The summed E-state index contributed by atoms with van der Waals surface area (Å²) in [4.78, 5) is 14.4. The molecule has 1 atom stereocenters. The Morgan fingerprint density at radius 3 is 2.59 bits per heavy atom. The summed E-state index contributed by atoms with van der Waals surface area (Å²) in [6, 6.07) is 2.13. The molecule has 0 aliphatic carbocycles. The van der Waals surface area contributed by atoms with Crippen molar-refractivity contribution in [2.24, 2.45) is 5.41 Å². The minimum atomic E-state index is 0.00810. The van der Waals surface area contributed by atoms with E-state index in [-0.39, 0.29) is 17.8 Å². The zero-order valence-corrected chi connectivity index (χ0v) is 14.6. The topological polar surface area (TPSA) is 40.5 Å². The van der Waals surface area contributed by atoms with Crippen LogP contribution in [0.15, 0.2) is 6.07 Å². The Kier molecular flexibility index (Phi) is 5.08. The van der Waals surface area contributed by atoms with Gasteiger partial charge in [-0.1, -0.05) is 13.0 Å². The molecule has 3 nitrogen and oxygen atoms in total. The molecule has 1 unspecified atom stereocenters. The summed E-state index contributed by atoms with van der Waals surface area (Å²) in [6.45, 7) is 13.1. The number of carbonyl (C=O) groups is 1. The lowest BCUT2D eigenvalue weighted by Gasteiger charge is -2.39. The van der Waals surface area contributed by atoms with Gasteiger partial charge in [-0.2, -0.15) is 0 Å². The van der Waals surface area contributed by atoms with Gasteiger partial charge in [0.25, 0.3) is 0 Å². The summed E-state index contributed by atoms with van der Waals surface area (Å²) >= 11 is 0. The molecule has 0 bridgehead atoms. The van der Waals surface area contributed by atoms with E-state index in [4.69, 9.17) is 0 Å². The first-order chi connectivity index (χ1) is 10.3. The molecule has 1 aliphatic rings. The fourth-order valence-corrected chi connectivity index (χ4v) is 3.93. The van der Waals surface area contributed by atoms with Crippen LogP contribution in [0.5, 0.6) is 0 Å². The predicted octanol–water partition coefficient (Wildman–Crippen LogP) is 3.41. The standard InChI is InChI=1S/C19H29NO2/c1-13-9-14(2)18(16(4)22)15(3)17(13)10-20-8-6-7-19(5,11-20)12-21/h9,21H,6-8,10-12H2,1-5H3. The number of aryl methyl sites for hydroxylation is 2. The number of aliphatic hydroxyl groups is 1. The predicted molar refractivity (Wildman–Crippen MR) is 90.4 cm³/mol. The SMILES string of the molecule is CC(=O)c1c(C)cc(C)c(CN2CCCC(C)(CO)C2)c1C. The van der Waals surface area contributed by atoms with Crippen LogP contribution in [0, 0.1) is 26.2 Å². The van der Waals surface area contributed by atoms with Crippen LogP contribution in [-0.2, 0) is 6.54 Å². The average Bonchev–Trinajstić information content (AvgIpc) is 2.43. The maximum Gasteiger partial charge on any atom is 0.160 e. The second-order valence-corrected chi connectivity index (χ2v) is 7.33. The van der Waals surface area contributed by atoms with Crippen molar-refractivity contribution >= 4 is 5.78 Å². The van der Waals surface area contributed by atoms with E-state index >= 15 is 0 Å². The van der Waals surface area contributed by atoms with E-state index in [0.29, 0.717) is 0 Å². The molecule has 0 saturated carbocycles. The normalized spacial score (nSPS) is 22.8. The van der Waals surface area contributed by atoms with E-state index in [1.807, 2.05) is 6.92 Å². The molecule has 1 aromatic rings. The van der Waals surface area contributed by atoms with Gasteiger partial charge in [-0.05, 0) is 69.3 Å². The zero-order chi connectivity index (χ0) is 16.5. The van der Waals surface area contributed by atoms with Gasteiger partial charge in [0, 0.05) is 30.7 Å². The third-order valence-electron chi connectivity index (χ3n) is 5.11. The van der Waals surface area contributed by atoms with Crippen molar-refractivity contribution in [3.63, 3.8) is 0 Å². The van der Waals surface area contributed by atoms with Gasteiger partial charge in [-0.25, -0.2) is 0 Å². The number of nitrogens with zero attached hydrogens (tertiary/aromatic N) is 1. The third kappa shape index (κ3) is 3.41. The minimum absolute atomic E-state index is 0.00810. The van der Waals surface area contributed by atoms with E-state index in [1.165, 1.54) is 11.1 Å². The first kappa shape index (κ1) is 17.2. The first-order valence-corrected chi connectivity index (χ1v) is 8.21. The molecule has 0 amide bonds. The second kappa shape index (κ2) is 6.51. The average molecular weight is 303 g/mol. The van der Waals surface area contributed by atoms with Crippen LogP contribution in [-0.4, -0.2) is 35.5 Å². The van der Waals surface area contributed by atoms with Gasteiger partial charge in [0.15, 0.2) is 5.78 Å². The number of aliphatic hydroxyl groups excluding tert-OH is 1. The lowest BCUT2D eigenvalue weighted by Crippen LogP contribution is -2.43. The van der Waals surface area contributed by atoms with Gasteiger partial charge in [-0.3, -0.25) is 9.69 Å². The van der Waals surface area contributed by atoms with Crippen molar-refractivity contribution in [3.8, 4) is 0 Å². The van der Waals surface area contributed by atoms with Crippen LogP contribution >= 0.6 is 0 Å². The largest absolute Gasteiger partial charge is 0.396 e. The fourth-order valence-electron chi connectivity index (χ4n) is 3.93. The number of rotatable bonds is 4. The summed E-state index contributed by atoms with van der Waals surface area (Å²) in [5.41, 5.74) is 5.62. The highest BCUT2D eigenvalue weighted by molar-refractivity contribution is 5.97. The summed E-state index contributed by atoms with van der Waals surface area (Å²) in [7, 11) is 0. The number of piperidine rings is 1. The number of hydrogen-bond donors (Lipinski definition) is 1. The molecule has 1 aromatic carbocycles. The smallest absolute Gasteiger partial charge is 0.160 e. The molecular formula is C19H29NO2. The van der Waals surface area contributed by atoms with E-state index in [2.05, 4.69) is 31.7 Å². The molecule has 2 rings (SSSR count). The number of ketones is 1. The number of hydrogen-bond acceptors (Lipinski definition) is 3. The second-order valence-electron chi connectivity index (χ2n) is 7.33. The van der Waals surface area contributed by atoms with Crippen molar-refractivity contribution in [2.45, 2.75) is 54.0 Å². The highest BCUT2D eigenvalue weighted by Crippen LogP contribution is 2.31. The van der Waals surface area contributed by atoms with Crippen LogP contribution in [0.25, 0.3) is 0 Å². The highest BCUT2D eigenvalue weighted by Gasteiger charge is 2.30. The maximum absolute atomic E-state index is 11.9. The number of Topliss-reactive ketones (excluding diaryl/α,β-unsaturated/α-hetero) is 1. The Morgan fingerprint density at radius 2 is 2.00 bits per heavy atom. The Labute approximate surface area is 134 Å². The molecule has 122 valence electrons. The fraction of sp³-hybridized carbons (Fsp3) is 0.632. The summed E-state index contributed by atoms with van der Waals surface area (Å²) in [5, 5.41) is 9.63. The van der Waals surface area contributed by atoms with Gasteiger partial charge >= 0.3 is 0 Å². The highest BCUT2D eigenvalue weighted by atomic mass is 16.3. The van der Waals surface area contributed by atoms with Gasteiger partial charge in [-0.15, -0.1) is 0 Å². The quantitative estimate of drug-likeness (QED) is 0.867.